The molecule has 0 aliphatic rings. The summed E-state index contributed by atoms with van der Waals surface area (Å²) in [6.07, 6.45) is 0. The fourth-order valence-electron chi connectivity index (χ4n) is 0.838. The van der Waals surface area contributed by atoms with E-state index in [1.807, 2.05) is 0 Å². The normalized spacial score (nSPS) is 10.2. The van der Waals surface area contributed by atoms with E-state index in [-0.39, 0.29) is 0 Å². The molecule has 3 heteroatoms. The molecule has 0 atom stereocenters. The van der Waals surface area contributed by atoms with Crippen molar-refractivity contribution in [2.45, 2.75) is 12.8 Å². The zero-order valence-corrected chi connectivity index (χ0v) is 10.5. The number of benzene rings is 1. The van der Waals surface area contributed by atoms with Crippen molar-refractivity contribution in [2.24, 2.45) is 0 Å². The molecule has 0 radical (unpaired) electrons. The minimum atomic E-state index is 0.585. The highest BCUT2D eigenvalue weighted by Crippen LogP contribution is 2.24. The molecule has 0 spiro atoms. The molecular formula is C8H7BrClI. The van der Waals surface area contributed by atoms with Crippen LogP contribution in [0.4, 0.5) is 0 Å². The Morgan fingerprint density at radius 3 is 2.73 bits per heavy atom. The summed E-state index contributed by atoms with van der Waals surface area (Å²) >= 11 is 11.5. The molecule has 1 aromatic rings. The average molecular weight is 345 g/mol. The minimum absolute atomic E-state index is 0.585. The summed E-state index contributed by atoms with van der Waals surface area (Å²) in [6, 6.07) is 4.19. The fourth-order valence-corrected chi connectivity index (χ4v) is 2.73. The van der Waals surface area contributed by atoms with Gasteiger partial charge in [-0.15, -0.1) is 11.6 Å². The van der Waals surface area contributed by atoms with Gasteiger partial charge in [0.2, 0.25) is 0 Å². The van der Waals surface area contributed by atoms with Crippen LogP contribution in [-0.4, -0.2) is 0 Å². The maximum absolute atomic E-state index is 5.75. The van der Waals surface area contributed by atoms with E-state index in [2.05, 4.69) is 57.6 Å². The summed E-state index contributed by atoms with van der Waals surface area (Å²) in [5, 5.41) is 0. The molecule has 0 unspecified atom stereocenters. The number of halogens is 3. The molecule has 1 aromatic carbocycles. The summed E-state index contributed by atoms with van der Waals surface area (Å²) < 4.78 is 2.36. The Morgan fingerprint density at radius 2 is 2.18 bits per heavy atom. The predicted molar refractivity (Wildman–Crippen MR) is 61.2 cm³/mol. The number of rotatable bonds is 1. The smallest absolute Gasteiger partial charge is 0.0477 e. The van der Waals surface area contributed by atoms with E-state index in [9.17, 15) is 0 Å². The Kier molecular flexibility index (Phi) is 3.65. The summed E-state index contributed by atoms with van der Waals surface area (Å²) in [5.74, 6) is 0.585. The van der Waals surface area contributed by atoms with E-state index in [0.717, 1.165) is 4.47 Å². The molecule has 0 fully saturated rings. The Labute approximate surface area is 93.6 Å². The first-order valence-electron chi connectivity index (χ1n) is 3.15. The lowest BCUT2D eigenvalue weighted by Crippen LogP contribution is -1.87. The highest BCUT2D eigenvalue weighted by Gasteiger charge is 2.02. The third kappa shape index (κ3) is 2.33. The second-order valence-electron chi connectivity index (χ2n) is 2.31. The second kappa shape index (κ2) is 4.10. The van der Waals surface area contributed by atoms with Gasteiger partial charge >= 0.3 is 0 Å². The molecule has 0 N–H and O–H groups in total. The highest BCUT2D eigenvalue weighted by atomic mass is 127. The van der Waals surface area contributed by atoms with Crippen LogP contribution in [0.3, 0.4) is 0 Å². The first-order valence-corrected chi connectivity index (χ1v) is 5.56. The minimum Gasteiger partial charge on any atom is -0.122 e. The second-order valence-corrected chi connectivity index (χ2v) is 4.67. The topological polar surface area (TPSA) is 0 Å². The van der Waals surface area contributed by atoms with Gasteiger partial charge in [0.05, 0.1) is 0 Å². The van der Waals surface area contributed by atoms with E-state index in [0.29, 0.717) is 5.88 Å². The average Bonchev–Trinajstić information content (AvgIpc) is 1.96. The van der Waals surface area contributed by atoms with Crippen molar-refractivity contribution in [2.75, 3.05) is 0 Å². The summed E-state index contributed by atoms with van der Waals surface area (Å²) in [4.78, 5) is 0. The molecule has 0 heterocycles. The molecule has 0 amide bonds. The van der Waals surface area contributed by atoms with Gasteiger partial charge in [-0.3, -0.25) is 0 Å². The van der Waals surface area contributed by atoms with Gasteiger partial charge in [-0.2, -0.15) is 0 Å². The van der Waals surface area contributed by atoms with Crippen LogP contribution in [0.5, 0.6) is 0 Å². The maximum atomic E-state index is 5.75. The van der Waals surface area contributed by atoms with Gasteiger partial charge in [0.15, 0.2) is 0 Å². The lowest BCUT2D eigenvalue weighted by Gasteiger charge is -2.04. The Balaban J connectivity index is 3.24. The zero-order valence-electron chi connectivity index (χ0n) is 6.00. The van der Waals surface area contributed by atoms with Crippen molar-refractivity contribution in [3.8, 4) is 0 Å². The zero-order chi connectivity index (χ0) is 8.43. The van der Waals surface area contributed by atoms with Crippen LogP contribution in [0.1, 0.15) is 11.1 Å². The van der Waals surface area contributed by atoms with E-state index in [1.165, 1.54) is 14.7 Å². The van der Waals surface area contributed by atoms with Crippen LogP contribution in [0.25, 0.3) is 0 Å². The van der Waals surface area contributed by atoms with Crippen molar-refractivity contribution < 1.29 is 0 Å². The van der Waals surface area contributed by atoms with Gasteiger partial charge < -0.3 is 0 Å². The third-order valence-electron chi connectivity index (χ3n) is 1.56. The molecule has 0 nitrogen and oxygen atoms in total. The quantitative estimate of drug-likeness (QED) is 0.531. The number of hydrogen-bond acceptors (Lipinski definition) is 0. The summed E-state index contributed by atoms with van der Waals surface area (Å²) in [5.41, 5.74) is 2.44. The van der Waals surface area contributed by atoms with Crippen LogP contribution in [-0.2, 0) is 5.88 Å². The fraction of sp³-hybridized carbons (Fsp3) is 0.250. The SMILES string of the molecule is Cc1c(Br)cc(I)cc1CCl. The van der Waals surface area contributed by atoms with E-state index in [4.69, 9.17) is 11.6 Å². The first-order chi connectivity index (χ1) is 5.15. The predicted octanol–water partition coefficient (Wildman–Crippen LogP) is 4.10. The molecular weight excluding hydrogens is 338 g/mol. The number of alkyl halides is 1. The van der Waals surface area contributed by atoms with Gasteiger partial charge in [-0.1, -0.05) is 15.9 Å². The van der Waals surface area contributed by atoms with Gasteiger partial charge in [-0.25, -0.2) is 0 Å². The maximum Gasteiger partial charge on any atom is 0.0477 e. The molecule has 0 bridgehead atoms. The van der Waals surface area contributed by atoms with Crippen molar-refractivity contribution in [1.82, 2.24) is 0 Å². The standard InChI is InChI=1S/C8H7BrClI/c1-5-6(4-10)2-7(11)3-8(5)9/h2-3H,4H2,1H3. The molecule has 60 valence electrons. The van der Waals surface area contributed by atoms with Crippen molar-refractivity contribution in [1.29, 1.82) is 0 Å². The summed E-state index contributed by atoms with van der Waals surface area (Å²) in [6.45, 7) is 2.07. The molecule has 0 aliphatic heterocycles. The lowest BCUT2D eigenvalue weighted by molar-refractivity contribution is 1.27. The Morgan fingerprint density at radius 1 is 1.55 bits per heavy atom. The largest absolute Gasteiger partial charge is 0.122 e. The van der Waals surface area contributed by atoms with E-state index < -0.39 is 0 Å². The van der Waals surface area contributed by atoms with Crippen molar-refractivity contribution in [3.63, 3.8) is 0 Å². The Hall–Kier alpha value is 0.720. The molecule has 0 aliphatic carbocycles. The Bertz CT molecular complexity index is 273. The van der Waals surface area contributed by atoms with Crippen LogP contribution < -0.4 is 0 Å². The first kappa shape index (κ1) is 9.81. The number of hydrogen-bond donors (Lipinski definition) is 0. The molecule has 11 heavy (non-hydrogen) atoms. The van der Waals surface area contributed by atoms with Gasteiger partial charge in [-0.05, 0) is 52.8 Å². The van der Waals surface area contributed by atoms with Crippen LogP contribution in [0, 0.1) is 10.5 Å². The van der Waals surface area contributed by atoms with Crippen LogP contribution >= 0.6 is 50.1 Å². The molecule has 0 saturated carbocycles. The molecule has 0 aromatic heterocycles. The van der Waals surface area contributed by atoms with Gasteiger partial charge in [0.1, 0.15) is 0 Å². The van der Waals surface area contributed by atoms with Gasteiger partial charge in [0.25, 0.3) is 0 Å². The molecule has 0 saturated heterocycles. The van der Waals surface area contributed by atoms with E-state index in [1.54, 1.807) is 0 Å². The van der Waals surface area contributed by atoms with Crippen LogP contribution in [0.15, 0.2) is 16.6 Å². The monoisotopic (exact) mass is 344 g/mol. The summed E-state index contributed by atoms with van der Waals surface area (Å²) in [7, 11) is 0. The highest BCUT2D eigenvalue weighted by molar-refractivity contribution is 14.1. The lowest BCUT2D eigenvalue weighted by atomic mass is 10.1. The third-order valence-corrected chi connectivity index (χ3v) is 3.30. The van der Waals surface area contributed by atoms with Gasteiger partial charge in [0, 0.05) is 13.9 Å². The van der Waals surface area contributed by atoms with E-state index >= 15 is 0 Å². The van der Waals surface area contributed by atoms with Crippen molar-refractivity contribution >= 4 is 50.1 Å². The van der Waals surface area contributed by atoms with Crippen LogP contribution in [0.2, 0.25) is 0 Å². The van der Waals surface area contributed by atoms with Crippen molar-refractivity contribution in [3.05, 3.63) is 31.3 Å². The molecule has 1 rings (SSSR count).